The molecule has 2 unspecified atom stereocenters. The number of aromatic nitrogens is 2. The predicted molar refractivity (Wildman–Crippen MR) is 230 cm³/mol. The van der Waals surface area contributed by atoms with Crippen LogP contribution in [0.5, 0.6) is 0 Å². The van der Waals surface area contributed by atoms with Crippen LogP contribution in [0.15, 0.2) is 158 Å². The summed E-state index contributed by atoms with van der Waals surface area (Å²) in [6.07, 6.45) is 12.8. The van der Waals surface area contributed by atoms with Crippen LogP contribution in [0.2, 0.25) is 0 Å². The fourth-order valence-corrected chi connectivity index (χ4v) is 7.02. The second-order valence-corrected chi connectivity index (χ2v) is 13.9. The number of carboxylic acid groups (broad SMARTS) is 2. The van der Waals surface area contributed by atoms with Gasteiger partial charge in [0.25, 0.3) is 0 Å². The Kier molecular flexibility index (Phi) is 23.9. The molecule has 0 saturated carbocycles. The van der Waals surface area contributed by atoms with Crippen molar-refractivity contribution >= 4 is 23.5 Å². The molecule has 0 bridgehead atoms. The van der Waals surface area contributed by atoms with Crippen molar-refractivity contribution in [1.29, 1.82) is 0 Å². The van der Waals surface area contributed by atoms with Gasteiger partial charge < -0.3 is 36.2 Å². The van der Waals surface area contributed by atoms with Crippen molar-refractivity contribution in [3.63, 3.8) is 0 Å². The first-order valence-corrected chi connectivity index (χ1v) is 19.2. The largest absolute Gasteiger partial charge is 2.00 e. The maximum Gasteiger partial charge on any atom is 2.00 e. The minimum atomic E-state index is -1.34. The maximum absolute atomic E-state index is 12.1. The summed E-state index contributed by atoms with van der Waals surface area (Å²) in [6.45, 7) is 2.44. The van der Waals surface area contributed by atoms with Gasteiger partial charge in [-0.15, -0.1) is 0 Å². The van der Waals surface area contributed by atoms with Gasteiger partial charge in [-0.25, -0.2) is 0 Å². The third kappa shape index (κ3) is 15.0. The zero-order valence-electron chi connectivity index (χ0n) is 34.5. The first-order chi connectivity index (χ1) is 28.2. The molecule has 2 atom stereocenters. The number of carbonyl (C=O) groups excluding carboxylic acids is 4. The van der Waals surface area contributed by atoms with Crippen LogP contribution < -0.4 is 10.2 Å². The molecule has 6 N–H and O–H groups in total. The SMILES string of the molecule is CN1CCCC1c1cccnc1.CN1CCCC1c1cccnc1.O.O.O.O=C([O-])c1ccccc1C(=O)c1ccccc1.O=C([O-])c1ccccc1C(=O)c1ccccc1.[Ni+2]. The van der Waals surface area contributed by atoms with Crippen molar-refractivity contribution in [2.45, 2.75) is 37.8 Å². The van der Waals surface area contributed by atoms with Crippen LogP contribution in [0.1, 0.15) is 101 Å². The second kappa shape index (κ2) is 27.6. The van der Waals surface area contributed by atoms with Gasteiger partial charge in [-0.05, 0) is 76.1 Å². The van der Waals surface area contributed by atoms with Crippen molar-refractivity contribution in [2.75, 3.05) is 27.2 Å². The third-order valence-electron chi connectivity index (χ3n) is 10.0. The van der Waals surface area contributed by atoms with E-state index in [1.807, 2.05) is 36.9 Å². The van der Waals surface area contributed by atoms with Gasteiger partial charge in [-0.3, -0.25) is 29.4 Å². The van der Waals surface area contributed by atoms with E-state index in [4.69, 9.17) is 0 Å². The fraction of sp³-hybridized carbons (Fsp3) is 0.208. The van der Waals surface area contributed by atoms with Crippen molar-refractivity contribution in [2.24, 2.45) is 0 Å². The van der Waals surface area contributed by atoms with Crippen LogP contribution >= 0.6 is 0 Å². The number of rotatable bonds is 8. The van der Waals surface area contributed by atoms with E-state index in [1.165, 1.54) is 74.2 Å². The summed E-state index contributed by atoms with van der Waals surface area (Å²) in [5, 5.41) is 21.8. The van der Waals surface area contributed by atoms with E-state index in [1.54, 1.807) is 84.9 Å². The van der Waals surface area contributed by atoms with Crippen LogP contribution in [0.25, 0.3) is 0 Å². The van der Waals surface area contributed by atoms with Gasteiger partial charge >= 0.3 is 16.5 Å². The summed E-state index contributed by atoms with van der Waals surface area (Å²) < 4.78 is 0. The molecule has 4 heterocycles. The number of likely N-dealkylation sites (tertiary alicyclic amines) is 2. The molecule has 2 aromatic heterocycles. The Morgan fingerprint density at radius 3 is 1.08 bits per heavy atom. The zero-order valence-corrected chi connectivity index (χ0v) is 35.5. The Labute approximate surface area is 372 Å². The van der Waals surface area contributed by atoms with Gasteiger partial charge in [0, 0.05) is 70.3 Å². The summed E-state index contributed by atoms with van der Waals surface area (Å²) in [7, 11) is 4.37. The Bertz CT molecular complexity index is 2090. The van der Waals surface area contributed by atoms with Crippen LogP contribution in [0.4, 0.5) is 0 Å². The monoisotopic (exact) mass is 886 g/mol. The van der Waals surface area contributed by atoms with Gasteiger partial charge in [0.15, 0.2) is 11.6 Å². The number of aromatic carboxylic acids is 2. The Hall–Kier alpha value is -6.25. The molecule has 2 saturated heterocycles. The Morgan fingerprint density at radius 1 is 0.484 bits per heavy atom. The number of ketones is 2. The summed E-state index contributed by atoms with van der Waals surface area (Å²) in [5.74, 6) is -3.31. The van der Waals surface area contributed by atoms with E-state index in [-0.39, 0.29) is 66.7 Å². The summed E-state index contributed by atoms with van der Waals surface area (Å²) in [4.78, 5) is 59.0. The summed E-state index contributed by atoms with van der Waals surface area (Å²) in [6, 6.07) is 38.8. The smallest absolute Gasteiger partial charge is 0.545 e. The van der Waals surface area contributed by atoms with Gasteiger partial charge in [0.05, 0.1) is 11.9 Å². The minimum Gasteiger partial charge on any atom is -0.545 e. The topological polar surface area (TPSA) is 241 Å². The molecule has 2 aliphatic heterocycles. The second-order valence-electron chi connectivity index (χ2n) is 13.9. The molecule has 4 aromatic carbocycles. The number of pyridine rings is 2. The van der Waals surface area contributed by atoms with E-state index in [9.17, 15) is 29.4 Å². The molecule has 0 amide bonds. The standard InChI is InChI=1S/2C14H10O3.2C10H14N2.Ni.3H2O/c2*15-13(10-6-2-1-3-7-10)11-8-4-5-9-12(11)14(16)17;2*1-12-7-3-5-10(12)9-4-2-6-11-8-9;;;;/h2*1-9H,(H,16,17);2*2,4,6,8,10H,3,5,7H2,1H3;;3*1H2/q;;;;+2;;;/p-2. The first-order valence-electron chi connectivity index (χ1n) is 19.2. The summed E-state index contributed by atoms with van der Waals surface area (Å²) >= 11 is 0. The Morgan fingerprint density at radius 2 is 0.806 bits per heavy atom. The van der Waals surface area contributed by atoms with Crippen LogP contribution in [0, 0.1) is 0 Å². The van der Waals surface area contributed by atoms with Gasteiger partial charge in [-0.1, -0.05) is 121 Å². The number of hydrogen-bond acceptors (Lipinski definition) is 10. The zero-order chi connectivity index (χ0) is 41.3. The normalized spacial score (nSPS) is 14.9. The average Bonchev–Trinajstić information content (AvgIpc) is 3.92. The van der Waals surface area contributed by atoms with Gasteiger partial charge in [-0.2, -0.15) is 0 Å². The third-order valence-corrected chi connectivity index (χ3v) is 10.0. The molecular weight excluding hydrogens is 835 g/mol. The molecule has 8 rings (SSSR count). The molecular formula is C48H52N4NiO9. The number of nitrogens with zero attached hydrogens (tertiary/aromatic N) is 4. The number of carboxylic acids is 2. The molecule has 2 fully saturated rings. The molecule has 0 aliphatic carbocycles. The number of hydrogen-bond donors (Lipinski definition) is 0. The molecule has 62 heavy (non-hydrogen) atoms. The fourth-order valence-electron chi connectivity index (χ4n) is 7.02. The summed E-state index contributed by atoms with van der Waals surface area (Å²) in [5.41, 5.74) is 3.78. The molecule has 0 radical (unpaired) electrons. The molecule has 0 spiro atoms. The van der Waals surface area contributed by atoms with Crippen LogP contribution in [-0.2, 0) is 16.5 Å². The molecule has 2 aliphatic rings. The molecule has 6 aromatic rings. The van der Waals surface area contributed by atoms with E-state index in [0.717, 1.165) is 0 Å². The average molecular weight is 888 g/mol. The molecule has 14 heteroatoms. The number of carbonyl (C=O) groups is 4. The van der Waals surface area contributed by atoms with Crippen LogP contribution in [0.3, 0.4) is 0 Å². The van der Waals surface area contributed by atoms with Crippen molar-refractivity contribution < 1.29 is 62.3 Å². The van der Waals surface area contributed by atoms with E-state index >= 15 is 0 Å². The van der Waals surface area contributed by atoms with Crippen molar-refractivity contribution in [3.8, 4) is 0 Å². The van der Waals surface area contributed by atoms with E-state index < -0.39 is 11.9 Å². The number of benzene rings is 4. The van der Waals surface area contributed by atoms with Crippen molar-refractivity contribution in [1.82, 2.24) is 19.8 Å². The van der Waals surface area contributed by atoms with Crippen LogP contribution in [-0.4, -0.2) is 86.9 Å². The van der Waals surface area contributed by atoms with E-state index in [2.05, 4.69) is 46.0 Å². The van der Waals surface area contributed by atoms with Crippen molar-refractivity contribution in [3.05, 3.63) is 203 Å². The van der Waals surface area contributed by atoms with Gasteiger partial charge in [0.1, 0.15) is 0 Å². The quantitative estimate of drug-likeness (QED) is 0.158. The first kappa shape index (κ1) is 53.8. The predicted octanol–water partition coefficient (Wildman–Crippen LogP) is 3.78. The van der Waals surface area contributed by atoms with E-state index in [0.29, 0.717) is 23.2 Å². The molecule has 328 valence electrons. The Balaban J connectivity index is 0.000000409. The minimum absolute atomic E-state index is 0. The van der Waals surface area contributed by atoms with Gasteiger partial charge in [0.2, 0.25) is 0 Å². The maximum atomic E-state index is 12.1. The molecule has 13 nitrogen and oxygen atoms in total.